The van der Waals surface area contributed by atoms with Crippen LogP contribution >= 0.6 is 0 Å². The Bertz CT molecular complexity index is 266. The first-order chi connectivity index (χ1) is 7.50. The number of nitrogens with two attached hydrogens (primary N) is 1. The lowest BCUT2D eigenvalue weighted by Gasteiger charge is -2.20. The molecule has 0 bridgehead atoms. The third-order valence-corrected chi connectivity index (χ3v) is 2.84. The smallest absolute Gasteiger partial charge is 0.241 e. The summed E-state index contributed by atoms with van der Waals surface area (Å²) in [6.45, 7) is 3.51. The summed E-state index contributed by atoms with van der Waals surface area (Å²) in [7, 11) is 1.78. The molecule has 0 spiro atoms. The molecule has 0 aromatic carbocycles. The van der Waals surface area contributed by atoms with Gasteiger partial charge in [-0.15, -0.1) is 0 Å². The van der Waals surface area contributed by atoms with E-state index in [1.54, 1.807) is 16.8 Å². The van der Waals surface area contributed by atoms with Gasteiger partial charge in [-0.1, -0.05) is 0 Å². The van der Waals surface area contributed by atoms with Crippen LogP contribution in [0.25, 0.3) is 0 Å². The Labute approximate surface area is 96.6 Å². The number of carbonyl (C=O) groups excluding carboxylic acids is 2. The fourth-order valence-corrected chi connectivity index (χ4v) is 1.71. The highest BCUT2D eigenvalue weighted by Crippen LogP contribution is 2.06. The van der Waals surface area contributed by atoms with Crippen LogP contribution in [0.5, 0.6) is 0 Å². The molecule has 5 nitrogen and oxygen atoms in total. The predicted molar refractivity (Wildman–Crippen MR) is 61.7 cm³/mol. The summed E-state index contributed by atoms with van der Waals surface area (Å²) in [6.07, 6.45) is 1.97. The van der Waals surface area contributed by atoms with Crippen LogP contribution in [-0.4, -0.2) is 54.3 Å². The van der Waals surface area contributed by atoms with E-state index in [0.29, 0.717) is 19.4 Å². The highest BCUT2D eigenvalue weighted by atomic mass is 16.2. The normalized spacial score (nSPS) is 19.6. The fourth-order valence-electron chi connectivity index (χ4n) is 1.71. The first kappa shape index (κ1) is 13.0. The maximum absolute atomic E-state index is 11.8. The van der Waals surface area contributed by atoms with Gasteiger partial charge in [0.2, 0.25) is 11.8 Å². The lowest BCUT2D eigenvalue weighted by molar-refractivity contribution is -0.138. The summed E-state index contributed by atoms with van der Waals surface area (Å²) in [5.41, 5.74) is 5.60. The predicted octanol–water partition coefficient (Wildman–Crippen LogP) is -0.195. The lowest BCUT2D eigenvalue weighted by Crippen LogP contribution is -2.38. The number of hydrogen-bond acceptors (Lipinski definition) is 3. The van der Waals surface area contributed by atoms with Crippen LogP contribution in [-0.2, 0) is 9.59 Å². The van der Waals surface area contributed by atoms with Gasteiger partial charge in [-0.3, -0.25) is 9.59 Å². The van der Waals surface area contributed by atoms with Crippen molar-refractivity contribution in [1.82, 2.24) is 9.80 Å². The molecule has 0 aromatic heterocycles. The van der Waals surface area contributed by atoms with Crippen molar-refractivity contribution in [2.75, 3.05) is 26.7 Å². The zero-order valence-corrected chi connectivity index (χ0v) is 10.1. The maximum atomic E-state index is 11.8. The van der Waals surface area contributed by atoms with Crippen molar-refractivity contribution in [2.45, 2.75) is 32.2 Å². The van der Waals surface area contributed by atoms with Crippen LogP contribution in [0.2, 0.25) is 0 Å². The van der Waals surface area contributed by atoms with Gasteiger partial charge >= 0.3 is 0 Å². The number of carbonyl (C=O) groups is 2. The van der Waals surface area contributed by atoms with Crippen molar-refractivity contribution >= 4 is 11.8 Å². The summed E-state index contributed by atoms with van der Waals surface area (Å²) >= 11 is 0. The zero-order valence-electron chi connectivity index (χ0n) is 10.1. The summed E-state index contributed by atoms with van der Waals surface area (Å²) in [6, 6.07) is 0.0364. The van der Waals surface area contributed by atoms with Gasteiger partial charge in [-0.2, -0.15) is 0 Å². The highest BCUT2D eigenvalue weighted by Gasteiger charge is 2.22. The van der Waals surface area contributed by atoms with E-state index in [2.05, 4.69) is 0 Å². The van der Waals surface area contributed by atoms with Crippen molar-refractivity contribution in [3.8, 4) is 0 Å². The molecule has 1 aliphatic rings. The van der Waals surface area contributed by atoms with Crippen molar-refractivity contribution in [2.24, 2.45) is 5.73 Å². The van der Waals surface area contributed by atoms with Crippen molar-refractivity contribution in [3.63, 3.8) is 0 Å². The van der Waals surface area contributed by atoms with E-state index in [-0.39, 0.29) is 24.4 Å². The van der Waals surface area contributed by atoms with Gasteiger partial charge in [-0.25, -0.2) is 0 Å². The van der Waals surface area contributed by atoms with E-state index in [1.165, 1.54) is 0 Å². The summed E-state index contributed by atoms with van der Waals surface area (Å²) in [5.74, 6) is 0.0626. The second-order valence-corrected chi connectivity index (χ2v) is 4.50. The number of hydrogen-bond donors (Lipinski definition) is 1. The number of amides is 2. The molecule has 0 aromatic rings. The third-order valence-electron chi connectivity index (χ3n) is 2.84. The number of rotatable bonds is 3. The molecular formula is C11H21N3O2. The minimum absolute atomic E-state index is 0.0200. The molecular weight excluding hydrogens is 206 g/mol. The summed E-state index contributed by atoms with van der Waals surface area (Å²) in [5, 5.41) is 0. The van der Waals surface area contributed by atoms with Crippen molar-refractivity contribution < 1.29 is 9.59 Å². The first-order valence-corrected chi connectivity index (χ1v) is 5.78. The quantitative estimate of drug-likeness (QED) is 0.726. The molecule has 1 saturated heterocycles. The molecule has 1 rings (SSSR count). The molecule has 16 heavy (non-hydrogen) atoms. The Balaban J connectivity index is 2.46. The average molecular weight is 227 g/mol. The molecule has 92 valence electrons. The van der Waals surface area contributed by atoms with Gasteiger partial charge in [-0.05, 0) is 19.8 Å². The molecule has 1 atom stereocenters. The van der Waals surface area contributed by atoms with Gasteiger partial charge in [0, 0.05) is 32.6 Å². The summed E-state index contributed by atoms with van der Waals surface area (Å²) < 4.78 is 0. The minimum atomic E-state index is 0.0200. The molecule has 1 heterocycles. The Kier molecular flexibility index (Phi) is 4.73. The number of likely N-dealkylation sites (N-methyl/N-ethyl adjacent to an activating group) is 1. The molecule has 2 N–H and O–H groups in total. The van der Waals surface area contributed by atoms with Crippen LogP contribution in [0.3, 0.4) is 0 Å². The van der Waals surface area contributed by atoms with Crippen LogP contribution < -0.4 is 5.73 Å². The third kappa shape index (κ3) is 3.81. The molecule has 0 radical (unpaired) electrons. The first-order valence-electron chi connectivity index (χ1n) is 5.78. The Morgan fingerprint density at radius 2 is 2.19 bits per heavy atom. The van der Waals surface area contributed by atoms with Crippen molar-refractivity contribution in [1.29, 1.82) is 0 Å². The second kappa shape index (κ2) is 5.84. The Morgan fingerprint density at radius 1 is 1.50 bits per heavy atom. The Hall–Kier alpha value is -1.10. The molecule has 5 heteroatoms. The second-order valence-electron chi connectivity index (χ2n) is 4.50. The monoisotopic (exact) mass is 227 g/mol. The van der Waals surface area contributed by atoms with Gasteiger partial charge in [0.1, 0.15) is 0 Å². The topological polar surface area (TPSA) is 66.6 Å². The zero-order chi connectivity index (χ0) is 12.1. The van der Waals surface area contributed by atoms with E-state index in [1.807, 2.05) is 6.92 Å². The van der Waals surface area contributed by atoms with Crippen LogP contribution in [0.4, 0.5) is 0 Å². The van der Waals surface area contributed by atoms with Crippen LogP contribution in [0.1, 0.15) is 26.2 Å². The average Bonchev–Trinajstić information content (AvgIpc) is 2.38. The van der Waals surface area contributed by atoms with E-state index >= 15 is 0 Å². The molecule has 1 unspecified atom stereocenters. The van der Waals surface area contributed by atoms with Gasteiger partial charge < -0.3 is 15.5 Å². The lowest BCUT2D eigenvalue weighted by atomic mass is 10.2. The molecule has 1 fully saturated rings. The SMILES string of the molecule is CC(N)CCC(=O)N1CCCN(C)C(=O)C1. The van der Waals surface area contributed by atoms with Gasteiger partial charge in [0.25, 0.3) is 0 Å². The molecule has 1 aliphatic heterocycles. The highest BCUT2D eigenvalue weighted by molar-refractivity contribution is 5.85. The van der Waals surface area contributed by atoms with E-state index in [4.69, 9.17) is 5.73 Å². The minimum Gasteiger partial charge on any atom is -0.344 e. The molecule has 0 aliphatic carbocycles. The Morgan fingerprint density at radius 3 is 2.81 bits per heavy atom. The molecule has 0 saturated carbocycles. The van der Waals surface area contributed by atoms with Gasteiger partial charge in [0.15, 0.2) is 0 Å². The maximum Gasteiger partial charge on any atom is 0.241 e. The van der Waals surface area contributed by atoms with Gasteiger partial charge in [0.05, 0.1) is 6.54 Å². The largest absolute Gasteiger partial charge is 0.344 e. The summed E-state index contributed by atoms with van der Waals surface area (Å²) in [4.78, 5) is 26.7. The van der Waals surface area contributed by atoms with E-state index in [0.717, 1.165) is 13.0 Å². The standard InChI is InChI=1S/C11H21N3O2/c1-9(12)4-5-10(15)14-7-3-6-13(2)11(16)8-14/h9H,3-8,12H2,1-2H3. The fraction of sp³-hybridized carbons (Fsp3) is 0.818. The molecule has 2 amide bonds. The number of nitrogens with zero attached hydrogens (tertiary/aromatic N) is 2. The van der Waals surface area contributed by atoms with Crippen molar-refractivity contribution in [3.05, 3.63) is 0 Å². The van der Waals surface area contributed by atoms with Crippen LogP contribution in [0, 0.1) is 0 Å². The van der Waals surface area contributed by atoms with E-state index < -0.39 is 0 Å². The van der Waals surface area contributed by atoms with E-state index in [9.17, 15) is 9.59 Å². The van der Waals surface area contributed by atoms with Crippen LogP contribution in [0.15, 0.2) is 0 Å².